The molecule has 158 valence electrons. The summed E-state index contributed by atoms with van der Waals surface area (Å²) in [6.45, 7) is 2.74. The molecule has 2 aliphatic rings. The molecule has 0 bridgehead atoms. The second kappa shape index (κ2) is 8.52. The van der Waals surface area contributed by atoms with Crippen LogP contribution >= 0.6 is 0 Å². The van der Waals surface area contributed by atoms with Crippen molar-refractivity contribution in [2.75, 3.05) is 25.1 Å². The lowest BCUT2D eigenvalue weighted by atomic mass is 10.1. The van der Waals surface area contributed by atoms with Crippen molar-refractivity contribution in [3.8, 4) is 0 Å². The third kappa shape index (κ3) is 5.14. The van der Waals surface area contributed by atoms with Gasteiger partial charge < -0.3 is 14.5 Å². The first-order valence-corrected chi connectivity index (χ1v) is 11.5. The van der Waals surface area contributed by atoms with E-state index >= 15 is 0 Å². The maximum absolute atomic E-state index is 12.5. The summed E-state index contributed by atoms with van der Waals surface area (Å²) in [5.74, 6) is -0.901. The van der Waals surface area contributed by atoms with Crippen LogP contribution in [-0.2, 0) is 30.7 Å². The van der Waals surface area contributed by atoms with Gasteiger partial charge in [0, 0.05) is 32.6 Å². The van der Waals surface area contributed by atoms with Crippen molar-refractivity contribution in [1.82, 2.24) is 9.80 Å². The van der Waals surface area contributed by atoms with Crippen LogP contribution in [0.2, 0.25) is 0 Å². The number of carbonyl (C=O) groups is 3. The number of hydrogen-bond acceptors (Lipinski definition) is 6. The Labute approximate surface area is 170 Å². The molecule has 9 heteroatoms. The number of hydrogen-bond donors (Lipinski definition) is 0. The Morgan fingerprint density at radius 1 is 1.28 bits per heavy atom. The molecule has 3 rings (SSSR count). The molecule has 2 amide bonds. The quantitative estimate of drug-likeness (QED) is 0.634. The van der Waals surface area contributed by atoms with Crippen molar-refractivity contribution in [2.45, 2.75) is 44.9 Å². The zero-order valence-electron chi connectivity index (χ0n) is 16.7. The number of nitrogens with zero attached hydrogens (tertiary/aromatic N) is 2. The number of likely N-dealkylation sites (tertiary alicyclic amines) is 1. The SMILES string of the molecule is C[C@@H](OC(=O)c1ccc(CN2CCCC2=O)cc1)C(=O)N(C)[C@@H]1CCS(=O)(=O)C1. The van der Waals surface area contributed by atoms with Crippen molar-refractivity contribution in [1.29, 1.82) is 0 Å². The minimum absolute atomic E-state index is 0.0586. The summed E-state index contributed by atoms with van der Waals surface area (Å²) < 4.78 is 28.5. The van der Waals surface area contributed by atoms with E-state index in [4.69, 9.17) is 4.74 Å². The number of likely N-dealkylation sites (N-methyl/N-ethyl adjacent to an activating group) is 1. The highest BCUT2D eigenvalue weighted by Gasteiger charge is 2.35. The maximum Gasteiger partial charge on any atom is 0.338 e. The van der Waals surface area contributed by atoms with Gasteiger partial charge in [-0.3, -0.25) is 9.59 Å². The molecule has 2 saturated heterocycles. The molecule has 0 aliphatic carbocycles. The van der Waals surface area contributed by atoms with Crippen LogP contribution < -0.4 is 0 Å². The molecule has 2 aliphatic heterocycles. The normalized spacial score (nSPS) is 21.8. The Balaban J connectivity index is 1.55. The van der Waals surface area contributed by atoms with Crippen LogP contribution in [-0.4, -0.2) is 73.2 Å². The van der Waals surface area contributed by atoms with Gasteiger partial charge in [-0.1, -0.05) is 12.1 Å². The average Bonchev–Trinajstić information content (AvgIpc) is 3.25. The van der Waals surface area contributed by atoms with E-state index in [9.17, 15) is 22.8 Å². The molecular formula is C20H26N2O6S. The van der Waals surface area contributed by atoms with Crippen LogP contribution in [0, 0.1) is 0 Å². The van der Waals surface area contributed by atoms with Gasteiger partial charge in [0.15, 0.2) is 15.9 Å². The van der Waals surface area contributed by atoms with Crippen LogP contribution in [0.15, 0.2) is 24.3 Å². The van der Waals surface area contributed by atoms with Gasteiger partial charge in [0.05, 0.1) is 17.1 Å². The van der Waals surface area contributed by atoms with Gasteiger partial charge in [0.1, 0.15) is 0 Å². The van der Waals surface area contributed by atoms with E-state index in [0.717, 1.165) is 18.5 Å². The van der Waals surface area contributed by atoms with Gasteiger partial charge in [-0.25, -0.2) is 13.2 Å². The fourth-order valence-electron chi connectivity index (χ4n) is 3.66. The fourth-order valence-corrected chi connectivity index (χ4v) is 5.44. The number of benzene rings is 1. The van der Waals surface area contributed by atoms with E-state index in [-0.39, 0.29) is 23.5 Å². The highest BCUT2D eigenvalue weighted by molar-refractivity contribution is 7.91. The predicted octanol–water partition coefficient (Wildman–Crippen LogP) is 1.000. The molecule has 0 aromatic heterocycles. The Morgan fingerprint density at radius 2 is 1.97 bits per heavy atom. The van der Waals surface area contributed by atoms with Gasteiger partial charge in [-0.2, -0.15) is 0 Å². The smallest absolute Gasteiger partial charge is 0.338 e. The Bertz CT molecular complexity index is 896. The molecule has 1 aromatic carbocycles. The molecule has 8 nitrogen and oxygen atoms in total. The largest absolute Gasteiger partial charge is 0.449 e. The zero-order chi connectivity index (χ0) is 21.2. The van der Waals surface area contributed by atoms with Gasteiger partial charge in [-0.15, -0.1) is 0 Å². The summed E-state index contributed by atoms with van der Waals surface area (Å²) in [7, 11) is -1.57. The highest BCUT2D eigenvalue weighted by Crippen LogP contribution is 2.19. The van der Waals surface area contributed by atoms with Crippen LogP contribution in [0.5, 0.6) is 0 Å². The first-order valence-electron chi connectivity index (χ1n) is 9.71. The average molecular weight is 423 g/mol. The molecule has 1 aromatic rings. The number of esters is 1. The first kappa shape index (κ1) is 21.3. The van der Waals surface area contributed by atoms with Crippen LogP contribution in [0.4, 0.5) is 0 Å². The molecule has 2 atom stereocenters. The summed E-state index contributed by atoms with van der Waals surface area (Å²) >= 11 is 0. The third-order valence-corrected chi connectivity index (χ3v) is 7.22. The number of rotatable bonds is 6. The van der Waals surface area contributed by atoms with Gasteiger partial charge in [0.2, 0.25) is 5.91 Å². The highest BCUT2D eigenvalue weighted by atomic mass is 32.2. The Hall–Kier alpha value is -2.42. The second-order valence-corrected chi connectivity index (χ2v) is 9.90. The monoisotopic (exact) mass is 422 g/mol. The molecule has 2 fully saturated rings. The van der Waals surface area contributed by atoms with Crippen molar-refractivity contribution in [2.24, 2.45) is 0 Å². The lowest BCUT2D eigenvalue weighted by molar-refractivity contribution is -0.140. The van der Waals surface area contributed by atoms with E-state index < -0.39 is 27.8 Å². The summed E-state index contributed by atoms with van der Waals surface area (Å²) in [5, 5.41) is 0. The van der Waals surface area contributed by atoms with E-state index in [1.807, 2.05) is 0 Å². The minimum Gasteiger partial charge on any atom is -0.449 e. The number of ether oxygens (including phenoxy) is 1. The zero-order valence-corrected chi connectivity index (χ0v) is 17.5. The summed E-state index contributed by atoms with van der Waals surface area (Å²) in [6, 6.07) is 6.38. The molecular weight excluding hydrogens is 396 g/mol. The standard InChI is InChI=1S/C20H26N2O6S/c1-14(19(24)21(2)17-9-11-29(26,27)13-17)28-20(25)16-7-5-15(6-8-16)12-22-10-3-4-18(22)23/h5-8,14,17H,3-4,9-13H2,1-2H3/t14-,17-/m1/s1. The van der Waals surface area contributed by atoms with Gasteiger partial charge >= 0.3 is 5.97 Å². The maximum atomic E-state index is 12.5. The second-order valence-electron chi connectivity index (χ2n) is 7.67. The Morgan fingerprint density at radius 3 is 2.52 bits per heavy atom. The van der Waals surface area contributed by atoms with Gasteiger partial charge in [-0.05, 0) is 37.5 Å². The van der Waals surface area contributed by atoms with Crippen molar-refractivity contribution < 1.29 is 27.5 Å². The van der Waals surface area contributed by atoms with E-state index in [1.165, 1.54) is 18.9 Å². The number of amides is 2. The summed E-state index contributed by atoms with van der Waals surface area (Å²) in [6.07, 6.45) is 0.831. The van der Waals surface area contributed by atoms with Crippen LogP contribution in [0.1, 0.15) is 42.1 Å². The Kier molecular flexibility index (Phi) is 6.26. The van der Waals surface area contributed by atoms with Crippen molar-refractivity contribution in [3.63, 3.8) is 0 Å². The first-order chi connectivity index (χ1) is 13.7. The van der Waals surface area contributed by atoms with Crippen molar-refractivity contribution in [3.05, 3.63) is 35.4 Å². The lowest BCUT2D eigenvalue weighted by Gasteiger charge is -2.26. The topological polar surface area (TPSA) is 101 Å². The van der Waals surface area contributed by atoms with E-state index in [1.54, 1.807) is 29.2 Å². The fraction of sp³-hybridized carbons (Fsp3) is 0.550. The summed E-state index contributed by atoms with van der Waals surface area (Å²) in [5.41, 5.74) is 1.23. The van der Waals surface area contributed by atoms with Crippen LogP contribution in [0.25, 0.3) is 0 Å². The van der Waals surface area contributed by atoms with Crippen molar-refractivity contribution >= 4 is 27.6 Å². The summed E-state index contributed by atoms with van der Waals surface area (Å²) in [4.78, 5) is 39.7. The molecule has 2 heterocycles. The lowest BCUT2D eigenvalue weighted by Crippen LogP contribution is -2.44. The molecule has 29 heavy (non-hydrogen) atoms. The van der Waals surface area contributed by atoms with E-state index in [2.05, 4.69) is 0 Å². The van der Waals surface area contributed by atoms with Crippen LogP contribution in [0.3, 0.4) is 0 Å². The molecule has 0 radical (unpaired) electrons. The molecule has 0 unspecified atom stereocenters. The van der Waals surface area contributed by atoms with Gasteiger partial charge in [0.25, 0.3) is 5.91 Å². The van der Waals surface area contributed by atoms with E-state index in [0.29, 0.717) is 24.9 Å². The predicted molar refractivity (Wildman–Crippen MR) is 106 cm³/mol. The number of carbonyl (C=O) groups excluding carboxylic acids is 3. The number of sulfone groups is 1. The molecule has 0 spiro atoms. The molecule has 0 N–H and O–H groups in total. The third-order valence-electron chi connectivity index (χ3n) is 5.47. The minimum atomic E-state index is -3.11. The molecule has 0 saturated carbocycles.